The van der Waals surface area contributed by atoms with Crippen LogP contribution in [-0.2, 0) is 9.68 Å². The Morgan fingerprint density at radius 1 is 1.00 bits per heavy atom. The van der Waals surface area contributed by atoms with Gasteiger partial charge in [0, 0.05) is 11.8 Å². The summed E-state index contributed by atoms with van der Waals surface area (Å²) < 4.78 is 52.1. The fourth-order valence-corrected chi connectivity index (χ4v) is 4.04. The standard InChI is InChI=1S/C29H25ClF3NO6/c1-5-16(2)28(35)40-39-27-22-14-23(30)25(36-4)15-24(22)34-17(3)26(27)18-6-8-19(9-7-18)37-20-10-12-21(13-11-20)38-29(31,32)33/h6-16H,5H2,1-4H3. The predicted octanol–water partition coefficient (Wildman–Crippen LogP) is 8.45. The van der Waals surface area contributed by atoms with E-state index in [1.165, 1.54) is 19.2 Å². The van der Waals surface area contributed by atoms with Crippen molar-refractivity contribution in [3.63, 3.8) is 0 Å². The Hall–Kier alpha value is -4.18. The summed E-state index contributed by atoms with van der Waals surface area (Å²) >= 11 is 6.39. The lowest BCUT2D eigenvalue weighted by atomic mass is 10.00. The van der Waals surface area contributed by atoms with E-state index < -0.39 is 12.3 Å². The molecule has 210 valence electrons. The summed E-state index contributed by atoms with van der Waals surface area (Å²) in [4.78, 5) is 27.9. The van der Waals surface area contributed by atoms with Gasteiger partial charge in [-0.05, 0) is 61.4 Å². The first-order valence-electron chi connectivity index (χ1n) is 12.2. The Morgan fingerprint density at radius 2 is 1.60 bits per heavy atom. The number of nitrogens with zero attached hydrogens (tertiary/aromatic N) is 1. The van der Waals surface area contributed by atoms with E-state index in [1.54, 1.807) is 50.2 Å². The molecule has 0 spiro atoms. The Bertz CT molecular complexity index is 1510. The van der Waals surface area contributed by atoms with E-state index in [2.05, 4.69) is 9.72 Å². The molecule has 7 nitrogen and oxygen atoms in total. The zero-order valence-corrected chi connectivity index (χ0v) is 22.7. The number of halogens is 4. The summed E-state index contributed by atoms with van der Waals surface area (Å²) in [7, 11) is 1.49. The van der Waals surface area contributed by atoms with Gasteiger partial charge in [-0.3, -0.25) is 14.8 Å². The Labute approximate surface area is 233 Å². The van der Waals surface area contributed by atoms with Crippen molar-refractivity contribution in [2.24, 2.45) is 5.92 Å². The van der Waals surface area contributed by atoms with Crippen molar-refractivity contribution in [1.29, 1.82) is 0 Å². The Kier molecular flexibility index (Phi) is 8.58. The summed E-state index contributed by atoms with van der Waals surface area (Å²) in [6.07, 6.45) is -4.20. The van der Waals surface area contributed by atoms with Crippen molar-refractivity contribution in [3.05, 3.63) is 71.4 Å². The molecular weight excluding hydrogens is 551 g/mol. The third-order valence-electron chi connectivity index (χ3n) is 6.05. The average molecular weight is 576 g/mol. The van der Waals surface area contributed by atoms with Gasteiger partial charge in [0.2, 0.25) is 0 Å². The number of benzene rings is 3. The van der Waals surface area contributed by atoms with Gasteiger partial charge in [-0.15, -0.1) is 13.2 Å². The number of fused-ring (bicyclic) bond motifs is 1. The molecule has 1 unspecified atom stereocenters. The second kappa shape index (κ2) is 11.9. The average Bonchev–Trinajstić information content (AvgIpc) is 2.91. The van der Waals surface area contributed by atoms with Crippen LogP contribution in [0.15, 0.2) is 60.7 Å². The van der Waals surface area contributed by atoms with Crippen molar-refractivity contribution in [2.45, 2.75) is 33.6 Å². The molecule has 4 aromatic rings. The van der Waals surface area contributed by atoms with Crippen molar-refractivity contribution in [2.75, 3.05) is 7.11 Å². The van der Waals surface area contributed by atoms with Crippen LogP contribution >= 0.6 is 11.6 Å². The number of aromatic nitrogens is 1. The van der Waals surface area contributed by atoms with Gasteiger partial charge in [0.25, 0.3) is 0 Å². The molecule has 0 aliphatic carbocycles. The highest BCUT2D eigenvalue weighted by Gasteiger charge is 2.31. The smallest absolute Gasteiger partial charge is 0.495 e. The molecule has 1 aromatic heterocycles. The number of methoxy groups -OCH3 is 1. The van der Waals surface area contributed by atoms with Crippen LogP contribution < -0.4 is 19.1 Å². The summed E-state index contributed by atoms with van der Waals surface area (Å²) in [5.74, 6) is 0.175. The summed E-state index contributed by atoms with van der Waals surface area (Å²) in [6.45, 7) is 5.39. The summed E-state index contributed by atoms with van der Waals surface area (Å²) in [5, 5.41) is 0.824. The molecule has 0 saturated carbocycles. The van der Waals surface area contributed by atoms with Crippen molar-refractivity contribution in [1.82, 2.24) is 4.98 Å². The Morgan fingerprint density at radius 3 is 2.17 bits per heavy atom. The molecule has 0 saturated heterocycles. The number of alkyl halides is 3. The van der Waals surface area contributed by atoms with Gasteiger partial charge >= 0.3 is 12.3 Å². The number of aryl methyl sites for hydroxylation is 1. The van der Waals surface area contributed by atoms with Crippen LogP contribution in [0.2, 0.25) is 5.02 Å². The summed E-state index contributed by atoms with van der Waals surface area (Å²) in [5.41, 5.74) is 2.34. The van der Waals surface area contributed by atoms with E-state index >= 15 is 0 Å². The monoisotopic (exact) mass is 575 g/mol. The zero-order chi connectivity index (χ0) is 29.0. The van der Waals surface area contributed by atoms with Crippen LogP contribution in [0.25, 0.3) is 22.0 Å². The lowest BCUT2D eigenvalue weighted by molar-refractivity contribution is -0.274. The highest BCUT2D eigenvalue weighted by molar-refractivity contribution is 6.33. The number of rotatable bonds is 9. The topological polar surface area (TPSA) is 76.1 Å². The normalized spacial score (nSPS) is 12.1. The molecule has 0 N–H and O–H groups in total. The molecule has 0 fully saturated rings. The van der Waals surface area contributed by atoms with E-state index in [0.29, 0.717) is 56.4 Å². The third-order valence-corrected chi connectivity index (χ3v) is 6.35. The minimum absolute atomic E-state index is 0.248. The molecule has 3 aromatic carbocycles. The lowest BCUT2D eigenvalue weighted by Crippen LogP contribution is -2.16. The van der Waals surface area contributed by atoms with Crippen LogP contribution in [0.4, 0.5) is 13.2 Å². The minimum atomic E-state index is -4.78. The van der Waals surface area contributed by atoms with E-state index in [0.717, 1.165) is 12.1 Å². The van der Waals surface area contributed by atoms with E-state index in [-0.39, 0.29) is 17.4 Å². The van der Waals surface area contributed by atoms with Gasteiger partial charge in [-0.2, -0.15) is 0 Å². The molecule has 0 aliphatic heterocycles. The van der Waals surface area contributed by atoms with Crippen molar-refractivity contribution >= 4 is 28.5 Å². The summed E-state index contributed by atoms with van der Waals surface area (Å²) in [6, 6.07) is 15.2. The van der Waals surface area contributed by atoms with Gasteiger partial charge in [-0.25, -0.2) is 4.79 Å². The van der Waals surface area contributed by atoms with Crippen LogP contribution in [0.1, 0.15) is 26.0 Å². The maximum Gasteiger partial charge on any atom is 0.573 e. The number of hydrogen-bond acceptors (Lipinski definition) is 7. The third kappa shape index (κ3) is 6.69. The number of pyridine rings is 1. The largest absolute Gasteiger partial charge is 0.573 e. The molecular formula is C29H25ClF3NO6. The molecule has 0 radical (unpaired) electrons. The highest BCUT2D eigenvalue weighted by atomic mass is 35.5. The molecule has 1 atom stereocenters. The maximum absolute atomic E-state index is 12.4. The van der Waals surface area contributed by atoms with Crippen LogP contribution in [0.5, 0.6) is 28.7 Å². The highest BCUT2D eigenvalue weighted by Crippen LogP contribution is 2.42. The van der Waals surface area contributed by atoms with Crippen molar-refractivity contribution < 1.29 is 42.0 Å². The molecule has 0 bridgehead atoms. The van der Waals surface area contributed by atoms with E-state index in [1.807, 2.05) is 6.92 Å². The Balaban J connectivity index is 1.67. The van der Waals surface area contributed by atoms with Crippen molar-refractivity contribution in [3.8, 4) is 39.9 Å². The van der Waals surface area contributed by atoms with Crippen LogP contribution in [0, 0.1) is 12.8 Å². The van der Waals surface area contributed by atoms with Gasteiger partial charge in [0.1, 0.15) is 23.0 Å². The minimum Gasteiger partial charge on any atom is -0.495 e. The molecule has 11 heteroatoms. The predicted molar refractivity (Wildman–Crippen MR) is 143 cm³/mol. The number of hydrogen-bond donors (Lipinski definition) is 0. The molecule has 4 rings (SSSR count). The number of ether oxygens (including phenoxy) is 3. The van der Waals surface area contributed by atoms with E-state index in [9.17, 15) is 18.0 Å². The van der Waals surface area contributed by atoms with Gasteiger partial charge in [-0.1, -0.05) is 37.6 Å². The van der Waals surface area contributed by atoms with Gasteiger partial charge < -0.3 is 14.2 Å². The first-order chi connectivity index (χ1) is 19.0. The fraction of sp³-hybridized carbons (Fsp3) is 0.241. The SMILES string of the molecule is CCC(C)C(=O)OOc1c(-c2ccc(Oc3ccc(OC(F)(F)F)cc3)cc2)c(C)nc2cc(OC)c(Cl)cc12. The first-order valence-corrected chi connectivity index (χ1v) is 12.6. The number of carbonyl (C=O) groups is 1. The van der Waals surface area contributed by atoms with E-state index in [4.69, 9.17) is 30.8 Å². The lowest BCUT2D eigenvalue weighted by Gasteiger charge is -2.17. The fourth-order valence-electron chi connectivity index (χ4n) is 3.80. The van der Waals surface area contributed by atoms with Crippen LogP contribution in [0.3, 0.4) is 0 Å². The molecule has 1 heterocycles. The molecule has 0 aliphatic rings. The maximum atomic E-state index is 12.4. The zero-order valence-electron chi connectivity index (χ0n) is 22.0. The van der Waals surface area contributed by atoms with Gasteiger partial charge in [0.05, 0.1) is 34.5 Å². The number of carbonyl (C=O) groups excluding carboxylic acids is 1. The quantitative estimate of drug-likeness (QED) is 0.146. The second-order valence-corrected chi connectivity index (χ2v) is 9.25. The molecule has 0 amide bonds. The first kappa shape index (κ1) is 28.8. The molecule has 40 heavy (non-hydrogen) atoms. The second-order valence-electron chi connectivity index (χ2n) is 8.85. The van der Waals surface area contributed by atoms with Gasteiger partial charge in [0.15, 0.2) is 5.75 Å². The van der Waals surface area contributed by atoms with Crippen LogP contribution in [-0.4, -0.2) is 24.4 Å².